The second-order valence-electron chi connectivity index (χ2n) is 7.25. The molecule has 1 aliphatic rings. The van der Waals surface area contributed by atoms with E-state index in [9.17, 15) is 4.79 Å². The number of carbonyl (C=O) groups excluding carboxylic acids is 1. The third kappa shape index (κ3) is 8.29. The molecule has 0 aromatic heterocycles. The van der Waals surface area contributed by atoms with E-state index >= 15 is 0 Å². The predicted molar refractivity (Wildman–Crippen MR) is 127 cm³/mol. The lowest BCUT2D eigenvalue weighted by Crippen LogP contribution is -2.51. The first-order valence-corrected chi connectivity index (χ1v) is 10.3. The van der Waals surface area contributed by atoms with E-state index in [4.69, 9.17) is 4.99 Å². The molecule has 0 atom stereocenters. The first-order valence-electron chi connectivity index (χ1n) is 9.36. The molecule has 5 nitrogen and oxygen atoms in total. The number of halogens is 1. The second-order valence-corrected chi connectivity index (χ2v) is 9.05. The maximum Gasteiger partial charge on any atom is 0.224 e. The Morgan fingerprint density at radius 1 is 1.33 bits per heavy atom. The van der Waals surface area contributed by atoms with E-state index in [1.54, 1.807) is 4.90 Å². The van der Waals surface area contributed by atoms with Gasteiger partial charge in [0.1, 0.15) is 0 Å². The van der Waals surface area contributed by atoms with Gasteiger partial charge in [0.05, 0.1) is 6.54 Å². The van der Waals surface area contributed by atoms with Crippen LogP contribution in [0.15, 0.2) is 35.3 Å². The molecule has 0 radical (unpaired) electrons. The highest BCUT2D eigenvalue weighted by atomic mass is 127. The Hall–Kier alpha value is -0.960. The average molecular weight is 504 g/mol. The van der Waals surface area contributed by atoms with Crippen molar-refractivity contribution in [2.24, 2.45) is 4.99 Å². The van der Waals surface area contributed by atoms with Crippen molar-refractivity contribution in [3.05, 3.63) is 35.9 Å². The minimum absolute atomic E-state index is 0. The summed E-state index contributed by atoms with van der Waals surface area (Å²) in [5.74, 6) is 2.17. The SMILES string of the molecule is CCNC(=NCCC(=O)N(C)Cc1ccccc1)N1CCSC(C)(C)C1.I. The van der Waals surface area contributed by atoms with E-state index in [1.807, 2.05) is 49.1 Å². The van der Waals surface area contributed by atoms with Crippen LogP contribution in [-0.2, 0) is 11.3 Å². The Morgan fingerprint density at radius 2 is 2.04 bits per heavy atom. The number of aliphatic imine (C=N–C) groups is 1. The topological polar surface area (TPSA) is 47.9 Å². The minimum atomic E-state index is 0. The average Bonchev–Trinajstić information content (AvgIpc) is 2.60. The molecule has 27 heavy (non-hydrogen) atoms. The molecule has 152 valence electrons. The van der Waals surface area contributed by atoms with E-state index in [0.717, 1.165) is 36.9 Å². The molecule has 1 amide bonds. The molecule has 0 bridgehead atoms. The van der Waals surface area contributed by atoms with Crippen LogP contribution in [0.4, 0.5) is 0 Å². The van der Waals surface area contributed by atoms with Crippen molar-refractivity contribution in [2.75, 3.05) is 39.0 Å². The van der Waals surface area contributed by atoms with Crippen LogP contribution < -0.4 is 5.32 Å². The maximum atomic E-state index is 12.4. The summed E-state index contributed by atoms with van der Waals surface area (Å²) < 4.78 is 0.236. The third-order valence-electron chi connectivity index (χ3n) is 4.34. The zero-order chi connectivity index (χ0) is 19.0. The van der Waals surface area contributed by atoms with Crippen molar-refractivity contribution < 1.29 is 4.79 Å². The lowest BCUT2D eigenvalue weighted by Gasteiger charge is -2.39. The van der Waals surface area contributed by atoms with Gasteiger partial charge in [-0.2, -0.15) is 11.8 Å². The summed E-state index contributed by atoms with van der Waals surface area (Å²) in [5, 5.41) is 3.37. The highest BCUT2D eigenvalue weighted by molar-refractivity contribution is 14.0. The monoisotopic (exact) mass is 504 g/mol. The van der Waals surface area contributed by atoms with Crippen LogP contribution in [0.1, 0.15) is 32.8 Å². The Bertz CT molecular complexity index is 609. The second kappa shape index (κ2) is 11.8. The zero-order valence-electron chi connectivity index (χ0n) is 16.9. The summed E-state index contributed by atoms with van der Waals surface area (Å²) >= 11 is 2.01. The molecule has 1 saturated heterocycles. The van der Waals surface area contributed by atoms with Crippen LogP contribution in [0.25, 0.3) is 0 Å². The summed E-state index contributed by atoms with van der Waals surface area (Å²) in [6, 6.07) is 10.1. The zero-order valence-corrected chi connectivity index (χ0v) is 20.0. The number of benzene rings is 1. The summed E-state index contributed by atoms with van der Waals surface area (Å²) in [6.45, 7) is 10.6. The van der Waals surface area contributed by atoms with E-state index in [-0.39, 0.29) is 34.6 Å². The van der Waals surface area contributed by atoms with Crippen LogP contribution >= 0.6 is 35.7 Å². The van der Waals surface area contributed by atoms with Gasteiger partial charge in [-0.15, -0.1) is 24.0 Å². The summed E-state index contributed by atoms with van der Waals surface area (Å²) in [6.07, 6.45) is 0.435. The number of nitrogens with zero attached hydrogens (tertiary/aromatic N) is 3. The van der Waals surface area contributed by atoms with Gasteiger partial charge in [0, 0.05) is 50.1 Å². The number of guanidine groups is 1. The molecule has 1 aromatic carbocycles. The van der Waals surface area contributed by atoms with Crippen molar-refractivity contribution >= 4 is 47.6 Å². The lowest BCUT2D eigenvalue weighted by molar-refractivity contribution is -0.130. The summed E-state index contributed by atoms with van der Waals surface area (Å²) in [7, 11) is 1.86. The molecular formula is C20H33IN4OS. The van der Waals surface area contributed by atoms with Crippen molar-refractivity contribution in [1.82, 2.24) is 15.1 Å². The fraction of sp³-hybridized carbons (Fsp3) is 0.600. The molecule has 0 aliphatic carbocycles. The molecule has 0 saturated carbocycles. The number of thioether (sulfide) groups is 1. The number of hydrogen-bond donors (Lipinski definition) is 1. The predicted octanol–water partition coefficient (Wildman–Crippen LogP) is 3.45. The molecule has 1 aliphatic heterocycles. The number of rotatable bonds is 6. The highest BCUT2D eigenvalue weighted by Gasteiger charge is 2.28. The van der Waals surface area contributed by atoms with Gasteiger partial charge in [-0.1, -0.05) is 30.3 Å². The first kappa shape index (κ1) is 24.1. The normalized spacial score (nSPS) is 16.4. The molecule has 1 aromatic rings. The Kier molecular flexibility index (Phi) is 10.5. The summed E-state index contributed by atoms with van der Waals surface area (Å²) in [5.41, 5.74) is 1.15. The number of amides is 1. The van der Waals surface area contributed by atoms with Crippen LogP contribution in [0.5, 0.6) is 0 Å². The standard InChI is InChI=1S/C20H32N4OS.HI/c1-5-21-19(24-13-14-26-20(2,3)16-24)22-12-11-18(25)23(4)15-17-9-7-6-8-10-17;/h6-10H,5,11-16H2,1-4H3,(H,21,22);1H. The first-order chi connectivity index (χ1) is 12.4. The minimum Gasteiger partial charge on any atom is -0.357 e. The lowest BCUT2D eigenvalue weighted by atomic mass is 10.2. The van der Waals surface area contributed by atoms with Crippen molar-refractivity contribution in [2.45, 2.75) is 38.5 Å². The van der Waals surface area contributed by atoms with Crippen molar-refractivity contribution in [3.8, 4) is 0 Å². The molecule has 0 spiro atoms. The molecule has 2 rings (SSSR count). The van der Waals surface area contributed by atoms with Gasteiger partial charge >= 0.3 is 0 Å². The molecule has 1 N–H and O–H groups in total. The van der Waals surface area contributed by atoms with Crippen molar-refractivity contribution in [1.29, 1.82) is 0 Å². The Balaban J connectivity index is 0.00000364. The Labute approximate surface area is 185 Å². The van der Waals surface area contributed by atoms with E-state index < -0.39 is 0 Å². The van der Waals surface area contributed by atoms with Gasteiger partial charge in [0.15, 0.2) is 5.96 Å². The molecule has 0 unspecified atom stereocenters. The van der Waals surface area contributed by atoms with E-state index in [2.05, 4.69) is 31.0 Å². The van der Waals surface area contributed by atoms with Crippen LogP contribution in [0.2, 0.25) is 0 Å². The molecule has 1 heterocycles. The van der Waals surface area contributed by atoms with Gasteiger partial charge in [-0.3, -0.25) is 9.79 Å². The summed E-state index contributed by atoms with van der Waals surface area (Å²) in [4.78, 5) is 21.2. The van der Waals surface area contributed by atoms with Crippen LogP contribution in [0, 0.1) is 0 Å². The van der Waals surface area contributed by atoms with E-state index in [1.165, 1.54) is 0 Å². The van der Waals surface area contributed by atoms with E-state index in [0.29, 0.717) is 19.5 Å². The fourth-order valence-corrected chi connectivity index (χ4v) is 4.13. The van der Waals surface area contributed by atoms with Crippen LogP contribution in [0.3, 0.4) is 0 Å². The van der Waals surface area contributed by atoms with Gasteiger partial charge in [-0.05, 0) is 26.3 Å². The van der Waals surface area contributed by atoms with Crippen LogP contribution in [-0.4, -0.2) is 65.4 Å². The number of carbonyl (C=O) groups is 1. The number of nitrogens with one attached hydrogen (secondary N) is 1. The Morgan fingerprint density at radius 3 is 2.67 bits per heavy atom. The maximum absolute atomic E-state index is 12.4. The molecule has 1 fully saturated rings. The largest absolute Gasteiger partial charge is 0.357 e. The van der Waals surface area contributed by atoms with Crippen molar-refractivity contribution in [3.63, 3.8) is 0 Å². The third-order valence-corrected chi connectivity index (χ3v) is 5.63. The molecule has 7 heteroatoms. The van der Waals surface area contributed by atoms with Gasteiger partial charge in [-0.25, -0.2) is 0 Å². The highest BCUT2D eigenvalue weighted by Crippen LogP contribution is 2.29. The quantitative estimate of drug-likeness (QED) is 0.367. The smallest absolute Gasteiger partial charge is 0.224 e. The van der Waals surface area contributed by atoms with Gasteiger partial charge in [0.25, 0.3) is 0 Å². The number of hydrogen-bond acceptors (Lipinski definition) is 3. The van der Waals surface area contributed by atoms with Gasteiger partial charge in [0.2, 0.25) is 5.91 Å². The fourth-order valence-electron chi connectivity index (χ4n) is 3.02. The molecular weight excluding hydrogens is 471 g/mol. The van der Waals surface area contributed by atoms with Gasteiger partial charge < -0.3 is 15.1 Å².